The van der Waals surface area contributed by atoms with Crippen molar-refractivity contribution in [1.29, 1.82) is 0 Å². The molecule has 1 aliphatic heterocycles. The maximum absolute atomic E-state index is 9.45. The van der Waals surface area contributed by atoms with Crippen molar-refractivity contribution in [3.63, 3.8) is 0 Å². The smallest absolute Gasteiger partial charge is 0.182 e. The quantitative estimate of drug-likeness (QED) is 0.765. The van der Waals surface area contributed by atoms with Crippen molar-refractivity contribution in [2.75, 3.05) is 20.2 Å². The molecule has 1 aromatic carbocycles. The minimum absolute atomic E-state index is 0.0752. The number of piperidine rings is 1. The van der Waals surface area contributed by atoms with Crippen LogP contribution in [0.25, 0.3) is 22.3 Å². The fraction of sp³-hybridized carbons (Fsp3) is 0.500. The molecule has 1 aliphatic rings. The summed E-state index contributed by atoms with van der Waals surface area (Å²) in [5.41, 5.74) is 2.23. The Morgan fingerprint density at radius 2 is 2.08 bits per heavy atom. The minimum atomic E-state index is 0.0752. The molecule has 1 atom stereocenters. The first kappa shape index (κ1) is 17.2. The predicted octanol–water partition coefficient (Wildman–Crippen LogP) is 2.46. The zero-order chi connectivity index (χ0) is 18.1. The molecule has 6 heteroatoms. The number of hydrogen-bond acceptors (Lipinski definition) is 4. The van der Waals surface area contributed by atoms with Gasteiger partial charge in [-0.3, -0.25) is 0 Å². The van der Waals surface area contributed by atoms with E-state index in [4.69, 9.17) is 10.1 Å². The van der Waals surface area contributed by atoms with Crippen molar-refractivity contribution in [3.8, 4) is 11.4 Å². The molecule has 3 aromatic rings. The van der Waals surface area contributed by atoms with E-state index in [9.17, 15) is 5.11 Å². The lowest BCUT2D eigenvalue weighted by Gasteiger charge is -2.32. The van der Waals surface area contributed by atoms with E-state index in [-0.39, 0.29) is 6.61 Å². The molecule has 26 heavy (non-hydrogen) atoms. The maximum Gasteiger partial charge on any atom is 0.182 e. The first-order chi connectivity index (χ1) is 12.7. The lowest BCUT2D eigenvalue weighted by atomic mass is 10.00. The Labute approximate surface area is 154 Å². The van der Waals surface area contributed by atoms with E-state index >= 15 is 0 Å². The van der Waals surface area contributed by atoms with E-state index in [0.29, 0.717) is 12.6 Å². The molecule has 0 spiro atoms. The minimum Gasteiger partial charge on any atom is -0.394 e. The average molecular weight is 353 g/mol. The van der Waals surface area contributed by atoms with Gasteiger partial charge >= 0.3 is 0 Å². The Bertz CT molecular complexity index is 897. The molecule has 6 nitrogen and oxygen atoms in total. The van der Waals surface area contributed by atoms with E-state index in [2.05, 4.69) is 47.0 Å². The van der Waals surface area contributed by atoms with Gasteiger partial charge in [-0.25, -0.2) is 9.67 Å². The standard InChI is InChI=1S/C20H27N5O/c1-23-10-4-3-6-15(23)14-19-21-20(22-25(19)12-13-26)17-7-5-8-18-16(17)9-11-24(18)2/h5,7-9,11,15,26H,3-4,6,10,12-14H2,1-2H3. The third-order valence-electron chi connectivity index (χ3n) is 5.57. The number of aliphatic hydroxyl groups is 1. The van der Waals surface area contributed by atoms with Gasteiger partial charge in [0.05, 0.1) is 13.2 Å². The molecule has 3 heterocycles. The molecule has 0 saturated carbocycles. The monoisotopic (exact) mass is 353 g/mol. The van der Waals surface area contributed by atoms with Crippen LogP contribution in [-0.4, -0.2) is 55.6 Å². The average Bonchev–Trinajstić information content (AvgIpc) is 3.21. The number of fused-ring (bicyclic) bond motifs is 1. The van der Waals surface area contributed by atoms with Gasteiger partial charge in [-0.1, -0.05) is 18.6 Å². The summed E-state index contributed by atoms with van der Waals surface area (Å²) in [4.78, 5) is 7.32. The molecule has 1 fully saturated rings. The molecular formula is C20H27N5O. The zero-order valence-corrected chi connectivity index (χ0v) is 15.6. The highest BCUT2D eigenvalue weighted by Crippen LogP contribution is 2.28. The highest BCUT2D eigenvalue weighted by atomic mass is 16.3. The van der Waals surface area contributed by atoms with Crippen LogP contribution in [0.2, 0.25) is 0 Å². The van der Waals surface area contributed by atoms with Gasteiger partial charge in [0.15, 0.2) is 5.82 Å². The fourth-order valence-corrected chi connectivity index (χ4v) is 4.02. The largest absolute Gasteiger partial charge is 0.394 e. The molecule has 1 N–H and O–H groups in total. The summed E-state index contributed by atoms with van der Waals surface area (Å²) in [6.07, 6.45) is 6.70. The van der Waals surface area contributed by atoms with Gasteiger partial charge in [0.2, 0.25) is 0 Å². The Morgan fingerprint density at radius 3 is 2.88 bits per heavy atom. The van der Waals surface area contributed by atoms with Crippen molar-refractivity contribution in [1.82, 2.24) is 24.2 Å². The summed E-state index contributed by atoms with van der Waals surface area (Å²) in [7, 11) is 4.25. The Hall–Kier alpha value is -2.18. The number of likely N-dealkylation sites (N-methyl/N-ethyl adjacent to an activating group) is 1. The normalized spacial score (nSPS) is 18.7. The van der Waals surface area contributed by atoms with Crippen molar-refractivity contribution in [2.45, 2.75) is 38.3 Å². The number of benzene rings is 1. The van der Waals surface area contributed by atoms with E-state index < -0.39 is 0 Å². The van der Waals surface area contributed by atoms with Gasteiger partial charge in [0, 0.05) is 42.2 Å². The molecule has 2 aromatic heterocycles. The Morgan fingerprint density at radius 1 is 1.19 bits per heavy atom. The van der Waals surface area contributed by atoms with Crippen LogP contribution >= 0.6 is 0 Å². The van der Waals surface area contributed by atoms with Gasteiger partial charge in [0.25, 0.3) is 0 Å². The first-order valence-electron chi connectivity index (χ1n) is 9.46. The van der Waals surface area contributed by atoms with Crippen molar-refractivity contribution >= 4 is 10.9 Å². The number of hydrogen-bond donors (Lipinski definition) is 1. The van der Waals surface area contributed by atoms with Crippen molar-refractivity contribution in [2.24, 2.45) is 7.05 Å². The third-order valence-corrected chi connectivity index (χ3v) is 5.57. The molecule has 1 saturated heterocycles. The number of aliphatic hydroxyl groups excluding tert-OH is 1. The third kappa shape index (κ3) is 3.15. The first-order valence-corrected chi connectivity index (χ1v) is 9.46. The van der Waals surface area contributed by atoms with Crippen LogP contribution < -0.4 is 0 Å². The van der Waals surface area contributed by atoms with Crippen LogP contribution in [-0.2, 0) is 20.0 Å². The van der Waals surface area contributed by atoms with Gasteiger partial charge in [-0.2, -0.15) is 5.10 Å². The molecule has 0 radical (unpaired) electrons. The van der Waals surface area contributed by atoms with E-state index in [0.717, 1.165) is 35.6 Å². The van der Waals surface area contributed by atoms with Gasteiger partial charge < -0.3 is 14.6 Å². The zero-order valence-electron chi connectivity index (χ0n) is 15.6. The number of likely N-dealkylation sites (tertiary alicyclic amines) is 1. The second kappa shape index (κ2) is 7.21. The summed E-state index contributed by atoms with van der Waals surface area (Å²) in [5, 5.41) is 15.4. The molecule has 138 valence electrons. The second-order valence-electron chi connectivity index (χ2n) is 7.30. The molecule has 1 unspecified atom stereocenters. The lowest BCUT2D eigenvalue weighted by Crippen LogP contribution is -2.38. The molecule has 4 rings (SSSR count). The Balaban J connectivity index is 1.71. The van der Waals surface area contributed by atoms with E-state index in [1.807, 2.05) is 11.7 Å². The van der Waals surface area contributed by atoms with E-state index in [1.165, 1.54) is 24.8 Å². The second-order valence-corrected chi connectivity index (χ2v) is 7.30. The maximum atomic E-state index is 9.45. The summed E-state index contributed by atoms with van der Waals surface area (Å²) in [6.45, 7) is 1.71. The van der Waals surface area contributed by atoms with E-state index in [1.54, 1.807) is 0 Å². The van der Waals surface area contributed by atoms with Crippen LogP contribution in [0.1, 0.15) is 25.1 Å². The molecule has 0 amide bonds. The van der Waals surface area contributed by atoms with Crippen LogP contribution in [0, 0.1) is 0 Å². The predicted molar refractivity (Wildman–Crippen MR) is 103 cm³/mol. The van der Waals surface area contributed by atoms with Crippen LogP contribution in [0.15, 0.2) is 30.5 Å². The number of nitrogens with zero attached hydrogens (tertiary/aromatic N) is 5. The van der Waals surface area contributed by atoms with Gasteiger partial charge in [0.1, 0.15) is 5.82 Å². The molecule has 0 bridgehead atoms. The summed E-state index contributed by atoms with van der Waals surface area (Å²) >= 11 is 0. The number of rotatable bonds is 5. The van der Waals surface area contributed by atoms with Crippen LogP contribution in [0.4, 0.5) is 0 Å². The van der Waals surface area contributed by atoms with Gasteiger partial charge in [-0.05, 0) is 38.6 Å². The molecular weight excluding hydrogens is 326 g/mol. The summed E-state index contributed by atoms with van der Waals surface area (Å²) in [6, 6.07) is 8.87. The topological polar surface area (TPSA) is 59.1 Å². The van der Waals surface area contributed by atoms with Crippen LogP contribution in [0.3, 0.4) is 0 Å². The number of aromatic nitrogens is 4. The molecule has 0 aliphatic carbocycles. The number of aryl methyl sites for hydroxylation is 1. The summed E-state index contributed by atoms with van der Waals surface area (Å²) in [5.74, 6) is 1.73. The lowest BCUT2D eigenvalue weighted by molar-refractivity contribution is 0.180. The van der Waals surface area contributed by atoms with Crippen molar-refractivity contribution < 1.29 is 5.11 Å². The fourth-order valence-electron chi connectivity index (χ4n) is 4.02. The van der Waals surface area contributed by atoms with Gasteiger partial charge in [-0.15, -0.1) is 0 Å². The highest BCUT2D eigenvalue weighted by molar-refractivity contribution is 5.93. The van der Waals surface area contributed by atoms with Crippen molar-refractivity contribution in [3.05, 3.63) is 36.3 Å². The Kier molecular flexibility index (Phi) is 4.78. The van der Waals surface area contributed by atoms with Crippen LogP contribution in [0.5, 0.6) is 0 Å². The SMILES string of the molecule is CN1CCCCC1Cc1nc(-c2cccc3c2ccn3C)nn1CCO. The summed E-state index contributed by atoms with van der Waals surface area (Å²) < 4.78 is 4.00. The highest BCUT2D eigenvalue weighted by Gasteiger charge is 2.23.